The molecule has 1 amide bonds. The highest BCUT2D eigenvalue weighted by molar-refractivity contribution is 5.85. The molecule has 17 heavy (non-hydrogen) atoms. The van der Waals surface area contributed by atoms with Crippen molar-refractivity contribution < 1.29 is 9.53 Å². The molecule has 0 aliphatic carbocycles. The van der Waals surface area contributed by atoms with Crippen molar-refractivity contribution in [3.63, 3.8) is 0 Å². The second kappa shape index (κ2) is 5.83. The molecule has 0 aromatic heterocycles. The van der Waals surface area contributed by atoms with Crippen molar-refractivity contribution in [3.8, 4) is 0 Å². The summed E-state index contributed by atoms with van der Waals surface area (Å²) in [6.07, 6.45) is 2.05. The number of rotatable bonds is 5. The topological polar surface area (TPSA) is 50.4 Å². The van der Waals surface area contributed by atoms with Gasteiger partial charge in [-0.2, -0.15) is 0 Å². The summed E-state index contributed by atoms with van der Waals surface area (Å²) in [7, 11) is 0. The van der Waals surface area contributed by atoms with Crippen LogP contribution in [0, 0.1) is 5.41 Å². The van der Waals surface area contributed by atoms with E-state index in [0.29, 0.717) is 0 Å². The summed E-state index contributed by atoms with van der Waals surface area (Å²) in [5.41, 5.74) is -0.299. The Morgan fingerprint density at radius 2 is 1.94 bits per heavy atom. The van der Waals surface area contributed by atoms with Crippen LogP contribution in [0.15, 0.2) is 0 Å². The summed E-state index contributed by atoms with van der Waals surface area (Å²) in [6, 6.07) is 0. The molecule has 0 aromatic carbocycles. The van der Waals surface area contributed by atoms with Crippen LogP contribution in [0.4, 0.5) is 0 Å². The maximum Gasteiger partial charge on any atom is 0.239 e. The fourth-order valence-corrected chi connectivity index (χ4v) is 2.08. The first-order valence-corrected chi connectivity index (χ1v) is 6.51. The fourth-order valence-electron chi connectivity index (χ4n) is 2.08. The Hall–Kier alpha value is -0.610. The number of carbonyl (C=O) groups is 1. The zero-order chi connectivity index (χ0) is 12.9. The van der Waals surface area contributed by atoms with Gasteiger partial charge in [-0.1, -0.05) is 13.8 Å². The van der Waals surface area contributed by atoms with E-state index in [1.807, 2.05) is 20.8 Å². The van der Waals surface area contributed by atoms with Crippen LogP contribution in [-0.4, -0.2) is 37.7 Å². The van der Waals surface area contributed by atoms with Crippen LogP contribution >= 0.6 is 0 Å². The normalized spacial score (nSPS) is 20.0. The molecule has 0 saturated carbocycles. The van der Waals surface area contributed by atoms with Gasteiger partial charge in [-0.3, -0.25) is 4.79 Å². The number of hydrogen-bond acceptors (Lipinski definition) is 3. The highest BCUT2D eigenvalue weighted by atomic mass is 16.5. The van der Waals surface area contributed by atoms with Gasteiger partial charge in [0.05, 0.1) is 5.54 Å². The van der Waals surface area contributed by atoms with Gasteiger partial charge >= 0.3 is 0 Å². The average Bonchev–Trinajstić information content (AvgIpc) is 2.27. The van der Waals surface area contributed by atoms with E-state index in [2.05, 4.69) is 17.6 Å². The quantitative estimate of drug-likeness (QED) is 0.764. The van der Waals surface area contributed by atoms with Gasteiger partial charge in [0.2, 0.25) is 5.91 Å². The molecule has 0 bridgehead atoms. The van der Waals surface area contributed by atoms with Crippen molar-refractivity contribution in [1.29, 1.82) is 0 Å². The van der Waals surface area contributed by atoms with Crippen molar-refractivity contribution in [2.45, 2.75) is 46.1 Å². The van der Waals surface area contributed by atoms with E-state index in [9.17, 15) is 4.79 Å². The van der Waals surface area contributed by atoms with Gasteiger partial charge in [-0.15, -0.1) is 0 Å². The molecule has 1 aliphatic rings. The third-order valence-corrected chi connectivity index (χ3v) is 3.56. The Bertz CT molecular complexity index is 258. The summed E-state index contributed by atoms with van der Waals surface area (Å²) in [6.45, 7) is 11.2. The minimum Gasteiger partial charge on any atom is -0.381 e. The number of carbonyl (C=O) groups excluding carboxylic acids is 1. The number of hydrogen-bond donors (Lipinski definition) is 2. The van der Waals surface area contributed by atoms with Crippen LogP contribution in [0.5, 0.6) is 0 Å². The summed E-state index contributed by atoms with van der Waals surface area (Å²) in [5.74, 6) is 0.0760. The van der Waals surface area contributed by atoms with Gasteiger partial charge in [0.1, 0.15) is 0 Å². The van der Waals surface area contributed by atoms with Gasteiger partial charge in [0.15, 0.2) is 0 Å². The van der Waals surface area contributed by atoms with E-state index in [0.717, 1.165) is 39.1 Å². The first-order chi connectivity index (χ1) is 7.90. The van der Waals surface area contributed by atoms with E-state index in [-0.39, 0.29) is 11.3 Å². The predicted molar refractivity (Wildman–Crippen MR) is 68.9 cm³/mol. The zero-order valence-corrected chi connectivity index (χ0v) is 11.6. The molecule has 1 saturated heterocycles. The van der Waals surface area contributed by atoms with Gasteiger partial charge in [-0.05, 0) is 38.6 Å². The number of ether oxygens (including phenoxy) is 1. The van der Waals surface area contributed by atoms with Crippen molar-refractivity contribution in [2.24, 2.45) is 5.41 Å². The Morgan fingerprint density at radius 3 is 2.47 bits per heavy atom. The highest BCUT2D eigenvalue weighted by Crippen LogP contribution is 2.28. The average molecular weight is 242 g/mol. The second-order valence-electron chi connectivity index (χ2n) is 5.76. The van der Waals surface area contributed by atoms with Crippen molar-refractivity contribution in [3.05, 3.63) is 0 Å². The minimum atomic E-state index is -0.490. The van der Waals surface area contributed by atoms with Crippen LogP contribution in [-0.2, 0) is 9.53 Å². The molecule has 0 unspecified atom stereocenters. The Morgan fingerprint density at radius 1 is 1.35 bits per heavy atom. The molecule has 4 nitrogen and oxygen atoms in total. The van der Waals surface area contributed by atoms with Crippen LogP contribution in [0.1, 0.15) is 40.5 Å². The number of amides is 1. The summed E-state index contributed by atoms with van der Waals surface area (Å²) < 4.78 is 5.35. The SMILES string of the molecule is CCNC(C)(C)C(=O)NCC1(C)CCOCC1. The molecular formula is C13H26N2O2. The summed E-state index contributed by atoms with van der Waals surface area (Å²) in [5, 5.41) is 6.25. The van der Waals surface area contributed by atoms with E-state index < -0.39 is 5.54 Å². The van der Waals surface area contributed by atoms with Crippen molar-refractivity contribution in [1.82, 2.24) is 10.6 Å². The maximum atomic E-state index is 12.0. The molecule has 1 heterocycles. The van der Waals surface area contributed by atoms with Crippen LogP contribution in [0.2, 0.25) is 0 Å². The number of likely N-dealkylation sites (N-methyl/N-ethyl adjacent to an activating group) is 1. The highest BCUT2D eigenvalue weighted by Gasteiger charge is 2.31. The molecule has 4 heteroatoms. The number of nitrogens with one attached hydrogen (secondary N) is 2. The molecule has 100 valence electrons. The molecule has 2 N–H and O–H groups in total. The van der Waals surface area contributed by atoms with Gasteiger partial charge < -0.3 is 15.4 Å². The lowest BCUT2D eigenvalue weighted by Crippen LogP contribution is -2.54. The van der Waals surface area contributed by atoms with Gasteiger partial charge in [0.25, 0.3) is 0 Å². The predicted octanol–water partition coefficient (Wildman–Crippen LogP) is 1.31. The maximum absolute atomic E-state index is 12.0. The molecule has 0 spiro atoms. The smallest absolute Gasteiger partial charge is 0.239 e. The molecular weight excluding hydrogens is 216 g/mol. The molecule has 0 aromatic rings. The molecule has 1 fully saturated rings. The molecule has 0 radical (unpaired) electrons. The lowest BCUT2D eigenvalue weighted by molar-refractivity contribution is -0.127. The fraction of sp³-hybridized carbons (Fsp3) is 0.923. The van der Waals surface area contributed by atoms with E-state index in [1.165, 1.54) is 0 Å². The lowest BCUT2D eigenvalue weighted by Gasteiger charge is -2.35. The Kier molecular flexibility index (Phi) is 4.95. The summed E-state index contributed by atoms with van der Waals surface area (Å²) in [4.78, 5) is 12.0. The lowest BCUT2D eigenvalue weighted by atomic mass is 9.82. The van der Waals surface area contributed by atoms with E-state index >= 15 is 0 Å². The Labute approximate surface area is 104 Å². The van der Waals surface area contributed by atoms with Gasteiger partial charge in [-0.25, -0.2) is 0 Å². The third kappa shape index (κ3) is 4.28. The van der Waals surface area contributed by atoms with Crippen LogP contribution in [0.3, 0.4) is 0 Å². The second-order valence-corrected chi connectivity index (χ2v) is 5.76. The standard InChI is InChI=1S/C13H26N2O2/c1-5-15-12(2,3)11(16)14-10-13(4)6-8-17-9-7-13/h15H,5-10H2,1-4H3,(H,14,16). The molecule has 1 rings (SSSR count). The van der Waals surface area contributed by atoms with E-state index in [4.69, 9.17) is 4.74 Å². The summed E-state index contributed by atoms with van der Waals surface area (Å²) >= 11 is 0. The molecule has 0 atom stereocenters. The third-order valence-electron chi connectivity index (χ3n) is 3.56. The largest absolute Gasteiger partial charge is 0.381 e. The van der Waals surface area contributed by atoms with Crippen LogP contribution < -0.4 is 10.6 Å². The van der Waals surface area contributed by atoms with Crippen molar-refractivity contribution >= 4 is 5.91 Å². The Balaban J connectivity index is 2.41. The molecule has 1 aliphatic heterocycles. The first-order valence-electron chi connectivity index (χ1n) is 6.51. The van der Waals surface area contributed by atoms with Crippen LogP contribution in [0.25, 0.3) is 0 Å². The zero-order valence-electron chi connectivity index (χ0n) is 11.6. The monoisotopic (exact) mass is 242 g/mol. The first kappa shape index (κ1) is 14.5. The van der Waals surface area contributed by atoms with E-state index in [1.54, 1.807) is 0 Å². The van der Waals surface area contributed by atoms with Crippen molar-refractivity contribution in [2.75, 3.05) is 26.3 Å². The van der Waals surface area contributed by atoms with Gasteiger partial charge in [0, 0.05) is 19.8 Å². The minimum absolute atomic E-state index is 0.0760.